The number of carboxylic acid groups (broad SMARTS) is 1. The van der Waals surface area contributed by atoms with E-state index in [2.05, 4.69) is 20.3 Å². The van der Waals surface area contributed by atoms with E-state index in [-0.39, 0.29) is 6.54 Å². The molecule has 0 aliphatic rings. The molecule has 0 unspecified atom stereocenters. The largest absolute Gasteiger partial charge is 0.479 e. The predicted molar refractivity (Wildman–Crippen MR) is 64.5 cm³/mol. The van der Waals surface area contributed by atoms with E-state index >= 15 is 0 Å². The molecule has 9 heteroatoms. The first kappa shape index (κ1) is 13.2. The third-order valence-corrected chi connectivity index (χ3v) is 2.64. The summed E-state index contributed by atoms with van der Waals surface area (Å²) in [6.45, 7) is -0.135. The number of imidazole rings is 1. The van der Waals surface area contributed by atoms with E-state index in [1.54, 1.807) is 7.05 Å². The Balaban J connectivity index is 2.29. The van der Waals surface area contributed by atoms with E-state index in [9.17, 15) is 15.0 Å². The van der Waals surface area contributed by atoms with E-state index in [0.29, 0.717) is 17.0 Å². The van der Waals surface area contributed by atoms with E-state index in [4.69, 9.17) is 5.11 Å². The summed E-state index contributed by atoms with van der Waals surface area (Å²) < 4.78 is 1.45. The number of aliphatic carboxylic acids is 1. The first-order valence-corrected chi connectivity index (χ1v) is 5.47. The normalized spacial score (nSPS) is 14.3. The zero-order chi connectivity index (χ0) is 14.0. The van der Waals surface area contributed by atoms with Gasteiger partial charge in [0.15, 0.2) is 17.6 Å². The standard InChI is InChI=1S/C10H13N5O4/c1-11-8-6-9(13-3-12-8)15(4-14-6)2-5(16)7(17)10(18)19/h3-5,7,16-17H,2H2,1H3,(H,18,19)(H,11,12,13)/t5-,7-/m1/s1. The minimum Gasteiger partial charge on any atom is -0.479 e. The summed E-state index contributed by atoms with van der Waals surface area (Å²) in [5, 5.41) is 30.3. The maximum atomic E-state index is 10.6. The zero-order valence-corrected chi connectivity index (χ0v) is 10.1. The molecule has 19 heavy (non-hydrogen) atoms. The second kappa shape index (κ2) is 5.16. The summed E-state index contributed by atoms with van der Waals surface area (Å²) in [5.41, 5.74) is 0.943. The van der Waals surface area contributed by atoms with E-state index in [1.165, 1.54) is 17.2 Å². The van der Waals surface area contributed by atoms with Crippen LogP contribution in [0.4, 0.5) is 5.82 Å². The molecule has 0 aliphatic heterocycles. The SMILES string of the molecule is CNc1ncnc2c1ncn2C[C@@H](O)[C@@H](O)C(=O)O. The van der Waals surface area contributed by atoms with Gasteiger partial charge in [-0.25, -0.2) is 19.7 Å². The second-order valence-electron chi connectivity index (χ2n) is 3.89. The monoisotopic (exact) mass is 267 g/mol. The van der Waals surface area contributed by atoms with Crippen LogP contribution < -0.4 is 5.32 Å². The molecule has 0 spiro atoms. The van der Waals surface area contributed by atoms with Gasteiger partial charge in [0, 0.05) is 7.05 Å². The zero-order valence-electron chi connectivity index (χ0n) is 10.1. The Bertz CT molecular complexity index is 599. The van der Waals surface area contributed by atoms with Crippen LogP contribution in [-0.4, -0.2) is 60.1 Å². The number of aliphatic hydroxyl groups is 2. The molecule has 2 atom stereocenters. The minimum absolute atomic E-state index is 0.135. The van der Waals surface area contributed by atoms with Gasteiger partial charge < -0.3 is 25.2 Å². The van der Waals surface area contributed by atoms with Crippen LogP contribution in [0, 0.1) is 0 Å². The number of aromatic nitrogens is 4. The molecule has 0 saturated heterocycles. The molecule has 2 aromatic rings. The molecule has 0 bridgehead atoms. The van der Waals surface area contributed by atoms with Crippen LogP contribution in [0.5, 0.6) is 0 Å². The van der Waals surface area contributed by atoms with Gasteiger partial charge in [-0.1, -0.05) is 0 Å². The van der Waals surface area contributed by atoms with Gasteiger partial charge >= 0.3 is 5.97 Å². The van der Waals surface area contributed by atoms with Crippen LogP contribution in [0.1, 0.15) is 0 Å². The Kier molecular flexibility index (Phi) is 3.58. The van der Waals surface area contributed by atoms with Gasteiger partial charge in [0.1, 0.15) is 17.9 Å². The van der Waals surface area contributed by atoms with Gasteiger partial charge in [-0.3, -0.25) is 0 Å². The number of nitrogens with zero attached hydrogens (tertiary/aromatic N) is 4. The van der Waals surface area contributed by atoms with Crippen LogP contribution in [0.15, 0.2) is 12.7 Å². The van der Waals surface area contributed by atoms with Crippen LogP contribution in [0.25, 0.3) is 11.2 Å². The lowest BCUT2D eigenvalue weighted by atomic mass is 10.2. The van der Waals surface area contributed by atoms with Crippen LogP contribution in [-0.2, 0) is 11.3 Å². The number of carbonyl (C=O) groups is 1. The molecule has 0 radical (unpaired) electrons. The van der Waals surface area contributed by atoms with Gasteiger partial charge in [-0.2, -0.15) is 0 Å². The second-order valence-corrected chi connectivity index (χ2v) is 3.89. The van der Waals surface area contributed by atoms with Crippen LogP contribution in [0.2, 0.25) is 0 Å². The lowest BCUT2D eigenvalue weighted by Crippen LogP contribution is -2.36. The Labute approximate surface area is 107 Å². The van der Waals surface area contributed by atoms with E-state index < -0.39 is 18.2 Å². The Morgan fingerprint density at radius 1 is 1.42 bits per heavy atom. The van der Waals surface area contributed by atoms with E-state index in [1.807, 2.05) is 0 Å². The summed E-state index contributed by atoms with van der Waals surface area (Å²) in [7, 11) is 1.68. The van der Waals surface area contributed by atoms with Gasteiger partial charge in [0.2, 0.25) is 0 Å². The molecule has 0 amide bonds. The Hall–Kier alpha value is -2.26. The smallest absolute Gasteiger partial charge is 0.335 e. The predicted octanol–water partition coefficient (Wildman–Crippen LogP) is -1.33. The third-order valence-electron chi connectivity index (χ3n) is 2.64. The number of anilines is 1. The molecule has 0 fully saturated rings. The van der Waals surface area contributed by atoms with Gasteiger partial charge in [0.25, 0.3) is 0 Å². The fraction of sp³-hybridized carbons (Fsp3) is 0.400. The quantitative estimate of drug-likeness (QED) is 0.524. The lowest BCUT2D eigenvalue weighted by Gasteiger charge is -2.14. The van der Waals surface area contributed by atoms with Crippen molar-refractivity contribution in [1.29, 1.82) is 0 Å². The van der Waals surface area contributed by atoms with Gasteiger partial charge in [-0.05, 0) is 0 Å². The van der Waals surface area contributed by atoms with Crippen LogP contribution in [0.3, 0.4) is 0 Å². The van der Waals surface area contributed by atoms with Crippen molar-refractivity contribution in [3.05, 3.63) is 12.7 Å². The molecule has 4 N–H and O–H groups in total. The maximum Gasteiger partial charge on any atom is 0.335 e. The fourth-order valence-corrected chi connectivity index (χ4v) is 1.66. The van der Waals surface area contributed by atoms with E-state index in [0.717, 1.165) is 0 Å². The van der Waals surface area contributed by atoms with Crippen molar-refractivity contribution < 1.29 is 20.1 Å². The highest BCUT2D eigenvalue weighted by molar-refractivity contribution is 5.82. The lowest BCUT2D eigenvalue weighted by molar-refractivity contribution is -0.153. The number of rotatable bonds is 5. The molecular weight excluding hydrogens is 254 g/mol. The topological polar surface area (TPSA) is 133 Å². The summed E-state index contributed by atoms with van der Waals surface area (Å²) in [6.07, 6.45) is -0.587. The summed E-state index contributed by atoms with van der Waals surface area (Å²) in [5.74, 6) is -0.959. The van der Waals surface area contributed by atoms with Crippen molar-refractivity contribution in [1.82, 2.24) is 19.5 Å². The van der Waals surface area contributed by atoms with Crippen molar-refractivity contribution in [2.24, 2.45) is 0 Å². The van der Waals surface area contributed by atoms with Crippen molar-refractivity contribution in [3.63, 3.8) is 0 Å². The highest BCUT2D eigenvalue weighted by Gasteiger charge is 2.24. The van der Waals surface area contributed by atoms with Crippen molar-refractivity contribution in [2.75, 3.05) is 12.4 Å². The number of aliphatic hydroxyl groups excluding tert-OH is 2. The number of hydrogen-bond donors (Lipinski definition) is 4. The number of nitrogens with one attached hydrogen (secondary N) is 1. The average Bonchev–Trinajstić information content (AvgIpc) is 2.80. The first-order valence-electron chi connectivity index (χ1n) is 5.47. The van der Waals surface area contributed by atoms with Gasteiger partial charge in [0.05, 0.1) is 12.9 Å². The van der Waals surface area contributed by atoms with Crippen molar-refractivity contribution >= 4 is 23.0 Å². The molecule has 0 saturated carbocycles. The number of carboxylic acids is 1. The number of hydrogen-bond acceptors (Lipinski definition) is 7. The fourth-order valence-electron chi connectivity index (χ4n) is 1.66. The summed E-state index contributed by atoms with van der Waals surface area (Å²) in [6, 6.07) is 0. The van der Waals surface area contributed by atoms with Crippen LogP contribution >= 0.6 is 0 Å². The van der Waals surface area contributed by atoms with Crippen molar-refractivity contribution in [3.8, 4) is 0 Å². The molecular formula is C10H13N5O4. The third kappa shape index (κ3) is 2.46. The molecule has 9 nitrogen and oxygen atoms in total. The molecule has 2 aromatic heterocycles. The Morgan fingerprint density at radius 2 is 2.16 bits per heavy atom. The minimum atomic E-state index is -1.86. The Morgan fingerprint density at radius 3 is 2.79 bits per heavy atom. The summed E-state index contributed by atoms with van der Waals surface area (Å²) >= 11 is 0. The highest BCUT2D eigenvalue weighted by atomic mass is 16.4. The number of fused-ring (bicyclic) bond motifs is 1. The molecule has 2 rings (SSSR count). The average molecular weight is 267 g/mol. The maximum absolute atomic E-state index is 10.6. The molecule has 102 valence electrons. The molecule has 0 aliphatic carbocycles. The van der Waals surface area contributed by atoms with Gasteiger partial charge in [-0.15, -0.1) is 0 Å². The molecule has 2 heterocycles. The molecule has 0 aromatic carbocycles. The van der Waals surface area contributed by atoms with Crippen molar-refractivity contribution in [2.45, 2.75) is 18.8 Å². The summed E-state index contributed by atoms with van der Waals surface area (Å²) in [4.78, 5) is 22.6. The highest BCUT2D eigenvalue weighted by Crippen LogP contribution is 2.17. The first-order chi connectivity index (χ1) is 9.04.